The summed E-state index contributed by atoms with van der Waals surface area (Å²) in [6.45, 7) is 6.04. The Kier molecular flexibility index (Phi) is 4.69. The molecule has 0 fully saturated rings. The summed E-state index contributed by atoms with van der Waals surface area (Å²) in [5.41, 5.74) is 4.47. The minimum atomic E-state index is -0.179. The Morgan fingerprint density at radius 3 is 2.42 bits per heavy atom. The van der Waals surface area contributed by atoms with Crippen LogP contribution in [0.4, 0.5) is 4.39 Å². The van der Waals surface area contributed by atoms with Gasteiger partial charge in [-0.1, -0.05) is 37.3 Å². The van der Waals surface area contributed by atoms with Crippen LogP contribution in [-0.4, -0.2) is 6.54 Å². The van der Waals surface area contributed by atoms with Gasteiger partial charge in [0.15, 0.2) is 0 Å². The molecule has 0 unspecified atom stereocenters. The van der Waals surface area contributed by atoms with E-state index in [1.54, 1.807) is 6.07 Å². The Bertz CT molecular complexity index is 531. The van der Waals surface area contributed by atoms with Gasteiger partial charge in [-0.3, -0.25) is 0 Å². The number of rotatable bonds is 5. The summed E-state index contributed by atoms with van der Waals surface area (Å²) >= 11 is 0. The van der Waals surface area contributed by atoms with Crippen molar-refractivity contribution in [3.8, 4) is 11.1 Å². The maximum atomic E-state index is 13.1. The third-order valence-corrected chi connectivity index (χ3v) is 3.21. The first-order chi connectivity index (χ1) is 9.20. The van der Waals surface area contributed by atoms with Gasteiger partial charge in [0.25, 0.3) is 0 Å². The zero-order valence-corrected chi connectivity index (χ0v) is 11.5. The second kappa shape index (κ2) is 6.48. The van der Waals surface area contributed by atoms with Crippen molar-refractivity contribution < 1.29 is 4.39 Å². The van der Waals surface area contributed by atoms with Gasteiger partial charge < -0.3 is 5.32 Å². The van der Waals surface area contributed by atoms with E-state index in [1.165, 1.54) is 11.6 Å². The lowest BCUT2D eigenvalue weighted by atomic mass is 9.99. The van der Waals surface area contributed by atoms with Crippen LogP contribution in [0, 0.1) is 12.7 Å². The van der Waals surface area contributed by atoms with Crippen molar-refractivity contribution in [3.63, 3.8) is 0 Å². The van der Waals surface area contributed by atoms with Crippen LogP contribution in [0.15, 0.2) is 42.5 Å². The molecule has 2 rings (SSSR count). The predicted molar refractivity (Wildman–Crippen MR) is 78.6 cm³/mol. The average molecular weight is 257 g/mol. The Labute approximate surface area is 114 Å². The highest BCUT2D eigenvalue weighted by Gasteiger charge is 2.03. The molecule has 0 amide bonds. The molecule has 0 spiro atoms. The molecule has 2 aromatic carbocycles. The van der Waals surface area contributed by atoms with Crippen LogP contribution >= 0.6 is 0 Å². The maximum Gasteiger partial charge on any atom is 0.123 e. The van der Waals surface area contributed by atoms with E-state index in [1.807, 2.05) is 13.0 Å². The third-order valence-electron chi connectivity index (χ3n) is 3.21. The largest absolute Gasteiger partial charge is 0.313 e. The molecule has 0 radical (unpaired) electrons. The van der Waals surface area contributed by atoms with Gasteiger partial charge in [-0.05, 0) is 54.3 Å². The zero-order valence-electron chi connectivity index (χ0n) is 11.5. The van der Waals surface area contributed by atoms with Crippen molar-refractivity contribution in [1.82, 2.24) is 5.32 Å². The molecule has 0 heterocycles. The Morgan fingerprint density at radius 1 is 1.05 bits per heavy atom. The van der Waals surface area contributed by atoms with Gasteiger partial charge in [-0.2, -0.15) is 0 Å². The van der Waals surface area contributed by atoms with Gasteiger partial charge in [0.2, 0.25) is 0 Å². The predicted octanol–water partition coefficient (Wildman–Crippen LogP) is 4.30. The maximum absolute atomic E-state index is 13.1. The number of benzene rings is 2. The summed E-state index contributed by atoms with van der Waals surface area (Å²) in [6.07, 6.45) is 1.15. The van der Waals surface area contributed by atoms with E-state index in [2.05, 4.69) is 36.5 Å². The summed E-state index contributed by atoms with van der Waals surface area (Å²) in [6, 6.07) is 13.4. The molecule has 1 nitrogen and oxygen atoms in total. The molecule has 0 aliphatic carbocycles. The van der Waals surface area contributed by atoms with Crippen molar-refractivity contribution in [2.24, 2.45) is 0 Å². The topological polar surface area (TPSA) is 12.0 Å². The zero-order chi connectivity index (χ0) is 13.7. The van der Waals surface area contributed by atoms with E-state index < -0.39 is 0 Å². The van der Waals surface area contributed by atoms with Crippen LogP contribution in [0.3, 0.4) is 0 Å². The minimum Gasteiger partial charge on any atom is -0.313 e. The number of hydrogen-bond donors (Lipinski definition) is 1. The highest BCUT2D eigenvalue weighted by molar-refractivity contribution is 5.67. The van der Waals surface area contributed by atoms with E-state index in [-0.39, 0.29) is 5.82 Å². The first-order valence-electron chi connectivity index (χ1n) is 6.77. The van der Waals surface area contributed by atoms with Crippen LogP contribution in [0.5, 0.6) is 0 Å². The Balaban J connectivity index is 2.13. The second-order valence-corrected chi connectivity index (χ2v) is 4.83. The highest BCUT2D eigenvalue weighted by Crippen LogP contribution is 2.24. The SMILES string of the molecule is CCCNCc1ccc(-c2ccc(F)cc2C)cc1. The number of nitrogens with one attached hydrogen (secondary N) is 1. The Morgan fingerprint density at radius 2 is 1.79 bits per heavy atom. The van der Waals surface area contributed by atoms with Crippen molar-refractivity contribution >= 4 is 0 Å². The second-order valence-electron chi connectivity index (χ2n) is 4.83. The molecule has 0 bridgehead atoms. The van der Waals surface area contributed by atoms with E-state index in [0.29, 0.717) is 0 Å². The summed E-state index contributed by atoms with van der Waals surface area (Å²) in [7, 11) is 0. The molecule has 1 N–H and O–H groups in total. The van der Waals surface area contributed by atoms with Crippen LogP contribution in [0.1, 0.15) is 24.5 Å². The van der Waals surface area contributed by atoms with Crippen molar-refractivity contribution in [2.75, 3.05) is 6.54 Å². The van der Waals surface area contributed by atoms with Crippen LogP contribution in [0.2, 0.25) is 0 Å². The van der Waals surface area contributed by atoms with Gasteiger partial charge >= 0.3 is 0 Å². The van der Waals surface area contributed by atoms with E-state index in [4.69, 9.17) is 0 Å². The number of hydrogen-bond acceptors (Lipinski definition) is 1. The summed E-state index contributed by atoms with van der Waals surface area (Å²) in [5, 5.41) is 3.38. The van der Waals surface area contributed by atoms with Crippen molar-refractivity contribution in [2.45, 2.75) is 26.8 Å². The molecule has 100 valence electrons. The molecular weight excluding hydrogens is 237 g/mol. The number of aryl methyl sites for hydroxylation is 1. The lowest BCUT2D eigenvalue weighted by Crippen LogP contribution is -2.13. The van der Waals surface area contributed by atoms with Gasteiger partial charge in [0.05, 0.1) is 0 Å². The fourth-order valence-corrected chi connectivity index (χ4v) is 2.16. The lowest BCUT2D eigenvalue weighted by molar-refractivity contribution is 0.627. The summed E-state index contributed by atoms with van der Waals surface area (Å²) in [4.78, 5) is 0. The molecule has 0 saturated heterocycles. The first kappa shape index (κ1) is 13.8. The lowest BCUT2D eigenvalue weighted by Gasteiger charge is -2.08. The van der Waals surface area contributed by atoms with Gasteiger partial charge in [0.1, 0.15) is 5.82 Å². The van der Waals surface area contributed by atoms with E-state index >= 15 is 0 Å². The normalized spacial score (nSPS) is 10.7. The third kappa shape index (κ3) is 3.65. The number of halogens is 1. The molecule has 19 heavy (non-hydrogen) atoms. The van der Waals surface area contributed by atoms with Gasteiger partial charge in [-0.25, -0.2) is 4.39 Å². The quantitative estimate of drug-likeness (QED) is 0.787. The fourth-order valence-electron chi connectivity index (χ4n) is 2.16. The minimum absolute atomic E-state index is 0.179. The van der Waals surface area contributed by atoms with Crippen molar-refractivity contribution in [1.29, 1.82) is 0 Å². The molecule has 0 saturated carbocycles. The van der Waals surface area contributed by atoms with Crippen LogP contribution in [0.25, 0.3) is 11.1 Å². The Hall–Kier alpha value is -1.67. The standard InChI is InChI=1S/C17H20FN/c1-3-10-19-12-14-4-6-15(7-5-14)17-9-8-16(18)11-13(17)2/h4-9,11,19H,3,10,12H2,1-2H3. The average Bonchev–Trinajstić information content (AvgIpc) is 2.40. The smallest absolute Gasteiger partial charge is 0.123 e. The molecule has 2 aromatic rings. The van der Waals surface area contributed by atoms with Gasteiger partial charge in [-0.15, -0.1) is 0 Å². The molecule has 0 aliphatic heterocycles. The molecule has 0 aromatic heterocycles. The fraction of sp³-hybridized carbons (Fsp3) is 0.294. The highest BCUT2D eigenvalue weighted by atomic mass is 19.1. The molecular formula is C17H20FN. The summed E-state index contributed by atoms with van der Waals surface area (Å²) < 4.78 is 13.1. The van der Waals surface area contributed by atoms with Crippen LogP contribution in [-0.2, 0) is 6.54 Å². The van der Waals surface area contributed by atoms with Crippen molar-refractivity contribution in [3.05, 3.63) is 59.4 Å². The summed E-state index contributed by atoms with van der Waals surface area (Å²) in [5.74, 6) is -0.179. The van der Waals surface area contributed by atoms with Gasteiger partial charge in [0, 0.05) is 6.54 Å². The first-order valence-corrected chi connectivity index (χ1v) is 6.77. The van der Waals surface area contributed by atoms with Crippen LogP contribution < -0.4 is 5.32 Å². The van der Waals surface area contributed by atoms with E-state index in [0.717, 1.165) is 36.2 Å². The molecule has 2 heteroatoms. The molecule has 0 aliphatic rings. The molecule has 0 atom stereocenters. The monoisotopic (exact) mass is 257 g/mol. The van der Waals surface area contributed by atoms with E-state index in [9.17, 15) is 4.39 Å².